The lowest BCUT2D eigenvalue weighted by molar-refractivity contribution is 0.415. The van der Waals surface area contributed by atoms with E-state index in [0.717, 1.165) is 33.9 Å². The van der Waals surface area contributed by atoms with Crippen molar-refractivity contribution in [1.82, 2.24) is 9.55 Å². The first-order valence-electron chi connectivity index (χ1n) is 6.05. The van der Waals surface area contributed by atoms with Gasteiger partial charge >= 0.3 is 0 Å². The molecule has 0 fully saturated rings. The number of hydrogen-bond acceptors (Lipinski definition) is 3. The zero-order chi connectivity index (χ0) is 13.4. The molecule has 0 radical (unpaired) electrons. The number of methoxy groups -OCH3 is 1. The molecule has 0 spiro atoms. The molecule has 0 saturated heterocycles. The largest absolute Gasteiger partial charge is 0.497 e. The fourth-order valence-electron chi connectivity index (χ4n) is 2.23. The molecular formula is C15H15N3O. The molecule has 4 heteroatoms. The Kier molecular flexibility index (Phi) is 2.63. The average Bonchev–Trinajstić information content (AvgIpc) is 2.76. The first-order chi connectivity index (χ1) is 9.19. The van der Waals surface area contributed by atoms with Crippen molar-refractivity contribution in [2.75, 3.05) is 12.8 Å². The highest BCUT2D eigenvalue weighted by Crippen LogP contribution is 2.27. The number of anilines is 1. The normalized spacial score (nSPS) is 10.8. The summed E-state index contributed by atoms with van der Waals surface area (Å²) in [5, 5.41) is 0. The lowest BCUT2D eigenvalue weighted by Gasteiger charge is -2.05. The average molecular weight is 253 g/mol. The van der Waals surface area contributed by atoms with Gasteiger partial charge in [-0.15, -0.1) is 0 Å². The van der Waals surface area contributed by atoms with Crippen LogP contribution >= 0.6 is 0 Å². The van der Waals surface area contributed by atoms with Crippen molar-refractivity contribution in [2.45, 2.75) is 0 Å². The third-order valence-corrected chi connectivity index (χ3v) is 3.23. The van der Waals surface area contributed by atoms with Crippen LogP contribution in [0.5, 0.6) is 5.75 Å². The highest BCUT2D eigenvalue weighted by Gasteiger charge is 2.10. The van der Waals surface area contributed by atoms with Gasteiger partial charge in [-0.2, -0.15) is 0 Å². The van der Waals surface area contributed by atoms with Crippen LogP contribution < -0.4 is 10.5 Å². The van der Waals surface area contributed by atoms with Crippen LogP contribution in [-0.2, 0) is 7.05 Å². The Bertz CT molecular complexity index is 746. The molecule has 0 aliphatic carbocycles. The van der Waals surface area contributed by atoms with Gasteiger partial charge in [0.05, 0.1) is 18.1 Å². The summed E-state index contributed by atoms with van der Waals surface area (Å²) in [5.74, 6) is 1.73. The molecule has 0 bridgehead atoms. The molecule has 4 nitrogen and oxygen atoms in total. The molecule has 3 aromatic rings. The van der Waals surface area contributed by atoms with Crippen molar-refractivity contribution in [3.63, 3.8) is 0 Å². The number of rotatable bonds is 2. The predicted molar refractivity (Wildman–Crippen MR) is 77.1 cm³/mol. The second-order valence-electron chi connectivity index (χ2n) is 4.47. The van der Waals surface area contributed by atoms with Crippen LogP contribution in [0.2, 0.25) is 0 Å². The van der Waals surface area contributed by atoms with E-state index in [0.29, 0.717) is 0 Å². The summed E-state index contributed by atoms with van der Waals surface area (Å²) in [6, 6.07) is 13.6. The van der Waals surface area contributed by atoms with Gasteiger partial charge in [-0.25, -0.2) is 4.98 Å². The minimum absolute atomic E-state index is 0.743. The minimum Gasteiger partial charge on any atom is -0.497 e. The summed E-state index contributed by atoms with van der Waals surface area (Å²) >= 11 is 0. The molecule has 2 N–H and O–H groups in total. The molecule has 19 heavy (non-hydrogen) atoms. The Hall–Kier alpha value is -2.49. The van der Waals surface area contributed by atoms with Gasteiger partial charge in [-0.05, 0) is 30.3 Å². The fourth-order valence-corrected chi connectivity index (χ4v) is 2.23. The minimum atomic E-state index is 0.743. The van der Waals surface area contributed by atoms with Crippen molar-refractivity contribution in [3.05, 3.63) is 42.5 Å². The van der Waals surface area contributed by atoms with Gasteiger partial charge in [0.25, 0.3) is 0 Å². The highest BCUT2D eigenvalue weighted by atomic mass is 16.5. The molecule has 0 amide bonds. The summed E-state index contributed by atoms with van der Waals surface area (Å²) in [4.78, 5) is 4.65. The number of nitrogens with zero attached hydrogens (tertiary/aromatic N) is 2. The number of aryl methyl sites for hydroxylation is 1. The maximum absolute atomic E-state index is 5.83. The molecule has 0 unspecified atom stereocenters. The number of fused-ring (bicyclic) bond motifs is 1. The zero-order valence-electron chi connectivity index (χ0n) is 10.9. The number of nitrogen functional groups attached to an aromatic ring is 1. The van der Waals surface area contributed by atoms with Gasteiger partial charge < -0.3 is 15.0 Å². The summed E-state index contributed by atoms with van der Waals surface area (Å²) in [6.07, 6.45) is 0. The Labute approximate surface area is 111 Å². The third kappa shape index (κ3) is 1.91. The Morgan fingerprint density at radius 3 is 2.79 bits per heavy atom. The number of aromatic nitrogens is 2. The van der Waals surface area contributed by atoms with Gasteiger partial charge in [-0.3, -0.25) is 0 Å². The van der Waals surface area contributed by atoms with Crippen molar-refractivity contribution in [3.8, 4) is 17.1 Å². The molecule has 2 aromatic carbocycles. The molecule has 1 heterocycles. The Morgan fingerprint density at radius 2 is 2.00 bits per heavy atom. The molecular weight excluding hydrogens is 238 g/mol. The zero-order valence-corrected chi connectivity index (χ0v) is 10.9. The van der Waals surface area contributed by atoms with Crippen LogP contribution in [0.3, 0.4) is 0 Å². The lowest BCUT2D eigenvalue weighted by atomic mass is 10.2. The Morgan fingerprint density at radius 1 is 1.16 bits per heavy atom. The second kappa shape index (κ2) is 4.31. The van der Waals surface area contributed by atoms with Crippen LogP contribution in [0.4, 0.5) is 5.69 Å². The standard InChI is InChI=1S/C15H15N3O/c1-18-14-9-11(16)6-7-13(14)17-15(18)10-4-3-5-12(8-10)19-2/h3-9H,16H2,1-2H3. The Balaban J connectivity index is 2.21. The predicted octanol–water partition coefficient (Wildman–Crippen LogP) is 2.83. The summed E-state index contributed by atoms with van der Waals surface area (Å²) in [5.41, 5.74) is 9.56. The second-order valence-corrected chi connectivity index (χ2v) is 4.47. The smallest absolute Gasteiger partial charge is 0.140 e. The number of nitrogens with two attached hydrogens (primary N) is 1. The molecule has 96 valence electrons. The maximum atomic E-state index is 5.83. The van der Waals surface area contributed by atoms with Crippen LogP contribution in [0, 0.1) is 0 Å². The number of imidazole rings is 1. The molecule has 3 rings (SSSR count). The van der Waals surface area contributed by atoms with Crippen LogP contribution in [0.1, 0.15) is 0 Å². The van der Waals surface area contributed by atoms with E-state index in [9.17, 15) is 0 Å². The first-order valence-corrected chi connectivity index (χ1v) is 6.05. The lowest BCUT2D eigenvalue weighted by Crippen LogP contribution is -1.93. The molecule has 0 aliphatic heterocycles. The van der Waals surface area contributed by atoms with Crippen molar-refractivity contribution in [1.29, 1.82) is 0 Å². The number of hydrogen-bond donors (Lipinski definition) is 1. The van der Waals surface area contributed by atoms with Crippen LogP contribution in [0.15, 0.2) is 42.5 Å². The van der Waals surface area contributed by atoms with Gasteiger partial charge in [0.2, 0.25) is 0 Å². The van der Waals surface area contributed by atoms with E-state index in [4.69, 9.17) is 10.5 Å². The highest BCUT2D eigenvalue weighted by molar-refractivity contribution is 5.83. The number of ether oxygens (including phenoxy) is 1. The van der Waals surface area contributed by atoms with E-state index in [-0.39, 0.29) is 0 Å². The molecule has 1 aromatic heterocycles. The van der Waals surface area contributed by atoms with E-state index in [2.05, 4.69) is 4.98 Å². The van der Waals surface area contributed by atoms with Crippen molar-refractivity contribution in [2.24, 2.45) is 7.05 Å². The van der Waals surface area contributed by atoms with Gasteiger partial charge in [0.15, 0.2) is 0 Å². The topological polar surface area (TPSA) is 53.1 Å². The van der Waals surface area contributed by atoms with Crippen molar-refractivity contribution >= 4 is 16.7 Å². The summed E-state index contributed by atoms with van der Waals surface area (Å²) < 4.78 is 7.29. The van der Waals surface area contributed by atoms with Gasteiger partial charge in [0, 0.05) is 18.3 Å². The van der Waals surface area contributed by atoms with Gasteiger partial charge in [0.1, 0.15) is 11.6 Å². The molecule has 0 saturated carbocycles. The SMILES string of the molecule is COc1cccc(-c2nc3ccc(N)cc3n2C)c1. The fraction of sp³-hybridized carbons (Fsp3) is 0.133. The number of benzene rings is 2. The third-order valence-electron chi connectivity index (χ3n) is 3.23. The van der Waals surface area contributed by atoms with E-state index < -0.39 is 0 Å². The van der Waals surface area contributed by atoms with Crippen LogP contribution in [0.25, 0.3) is 22.4 Å². The monoisotopic (exact) mass is 253 g/mol. The van der Waals surface area contributed by atoms with Gasteiger partial charge in [-0.1, -0.05) is 12.1 Å². The maximum Gasteiger partial charge on any atom is 0.140 e. The summed E-state index contributed by atoms with van der Waals surface area (Å²) in [7, 11) is 3.65. The van der Waals surface area contributed by atoms with Crippen LogP contribution in [-0.4, -0.2) is 16.7 Å². The van der Waals surface area contributed by atoms with E-state index in [1.807, 2.05) is 54.1 Å². The van der Waals surface area contributed by atoms with E-state index >= 15 is 0 Å². The molecule has 0 atom stereocenters. The quantitative estimate of drug-likeness (QED) is 0.714. The molecule has 0 aliphatic rings. The summed E-state index contributed by atoms with van der Waals surface area (Å²) in [6.45, 7) is 0. The van der Waals surface area contributed by atoms with Crippen molar-refractivity contribution < 1.29 is 4.74 Å². The van der Waals surface area contributed by atoms with E-state index in [1.54, 1.807) is 7.11 Å². The van der Waals surface area contributed by atoms with E-state index in [1.165, 1.54) is 0 Å². The first kappa shape index (κ1) is 11.6.